The van der Waals surface area contributed by atoms with Crippen LogP contribution >= 0.6 is 15.9 Å². The van der Waals surface area contributed by atoms with Crippen molar-refractivity contribution in [3.05, 3.63) is 52.1 Å². The molecule has 0 saturated heterocycles. The van der Waals surface area contributed by atoms with Crippen molar-refractivity contribution in [3.63, 3.8) is 0 Å². The van der Waals surface area contributed by atoms with E-state index in [1.807, 2.05) is 19.1 Å². The second kappa shape index (κ2) is 4.70. The van der Waals surface area contributed by atoms with Crippen molar-refractivity contribution in [1.82, 2.24) is 0 Å². The second-order valence-electron chi connectivity index (χ2n) is 3.51. The summed E-state index contributed by atoms with van der Waals surface area (Å²) in [5, 5.41) is 3.10. The number of benzene rings is 1. The van der Waals surface area contributed by atoms with E-state index < -0.39 is 0 Å². The third-order valence-corrected chi connectivity index (χ3v) is 2.98. The van der Waals surface area contributed by atoms with Crippen LogP contribution in [0.25, 0.3) is 0 Å². The van der Waals surface area contributed by atoms with Crippen LogP contribution in [0.5, 0.6) is 0 Å². The van der Waals surface area contributed by atoms with Crippen LogP contribution in [-0.2, 0) is 6.54 Å². The van der Waals surface area contributed by atoms with Gasteiger partial charge < -0.3 is 9.73 Å². The van der Waals surface area contributed by atoms with Crippen molar-refractivity contribution < 1.29 is 8.81 Å². The average molecular weight is 284 g/mol. The molecule has 2 nitrogen and oxygen atoms in total. The molecule has 4 heteroatoms. The van der Waals surface area contributed by atoms with E-state index in [0.717, 1.165) is 17.0 Å². The fourth-order valence-electron chi connectivity index (χ4n) is 1.37. The predicted molar refractivity (Wildman–Crippen MR) is 64.9 cm³/mol. The van der Waals surface area contributed by atoms with Gasteiger partial charge in [0.15, 0.2) is 0 Å². The highest BCUT2D eigenvalue weighted by molar-refractivity contribution is 9.10. The molecule has 0 spiro atoms. The van der Waals surface area contributed by atoms with Gasteiger partial charge >= 0.3 is 0 Å². The zero-order valence-electron chi connectivity index (χ0n) is 8.76. The predicted octanol–water partition coefficient (Wildman–Crippen LogP) is 4.10. The monoisotopic (exact) mass is 283 g/mol. The first-order valence-corrected chi connectivity index (χ1v) is 5.68. The summed E-state index contributed by atoms with van der Waals surface area (Å²) in [6, 6.07) is 6.83. The van der Waals surface area contributed by atoms with Gasteiger partial charge in [-0.15, -0.1) is 0 Å². The molecular formula is C12H11BrFNO. The largest absolute Gasteiger partial charge is 0.467 e. The summed E-state index contributed by atoms with van der Waals surface area (Å²) in [6.45, 7) is 2.53. The summed E-state index contributed by atoms with van der Waals surface area (Å²) in [6.07, 6.45) is 1.65. The summed E-state index contributed by atoms with van der Waals surface area (Å²) < 4.78 is 19.0. The molecule has 0 amide bonds. The molecule has 1 N–H and O–H groups in total. The van der Waals surface area contributed by atoms with Crippen molar-refractivity contribution in [2.24, 2.45) is 0 Å². The molecule has 0 atom stereocenters. The molecule has 0 saturated carbocycles. The fourth-order valence-corrected chi connectivity index (χ4v) is 1.62. The minimum atomic E-state index is -0.277. The third kappa shape index (κ3) is 2.44. The van der Waals surface area contributed by atoms with E-state index in [4.69, 9.17) is 4.42 Å². The third-order valence-electron chi connectivity index (χ3n) is 2.34. The Balaban J connectivity index is 2.05. The van der Waals surface area contributed by atoms with Gasteiger partial charge in [0.1, 0.15) is 11.6 Å². The number of furan rings is 1. The van der Waals surface area contributed by atoms with Crippen LogP contribution in [-0.4, -0.2) is 0 Å². The van der Waals surface area contributed by atoms with Crippen LogP contribution in [0.1, 0.15) is 11.3 Å². The summed E-state index contributed by atoms with van der Waals surface area (Å²) in [5.74, 6) is 0.587. The van der Waals surface area contributed by atoms with Crippen LogP contribution in [0.3, 0.4) is 0 Å². The minimum Gasteiger partial charge on any atom is -0.467 e. The lowest BCUT2D eigenvalue weighted by Gasteiger charge is -2.05. The molecule has 0 bridgehead atoms. The number of anilines is 1. The molecule has 84 valence electrons. The summed E-state index contributed by atoms with van der Waals surface area (Å²) in [5.41, 5.74) is 1.82. The molecule has 0 radical (unpaired) electrons. The Morgan fingerprint density at radius 1 is 1.38 bits per heavy atom. The SMILES string of the molecule is Cc1ccoc1CNc1ccc(Br)c(F)c1. The zero-order valence-corrected chi connectivity index (χ0v) is 10.3. The summed E-state index contributed by atoms with van der Waals surface area (Å²) in [7, 11) is 0. The number of hydrogen-bond acceptors (Lipinski definition) is 2. The summed E-state index contributed by atoms with van der Waals surface area (Å²) in [4.78, 5) is 0. The molecule has 0 unspecified atom stereocenters. The maximum Gasteiger partial charge on any atom is 0.139 e. The van der Waals surface area contributed by atoms with Crippen LogP contribution in [0.4, 0.5) is 10.1 Å². The molecule has 1 aromatic heterocycles. The van der Waals surface area contributed by atoms with Gasteiger partial charge in [-0.2, -0.15) is 0 Å². The molecule has 0 aliphatic rings. The van der Waals surface area contributed by atoms with Crippen molar-refractivity contribution >= 4 is 21.6 Å². The van der Waals surface area contributed by atoms with E-state index in [0.29, 0.717) is 11.0 Å². The average Bonchev–Trinajstić information content (AvgIpc) is 2.66. The second-order valence-corrected chi connectivity index (χ2v) is 4.36. The first kappa shape index (κ1) is 11.2. The van der Waals surface area contributed by atoms with Gasteiger partial charge in [-0.1, -0.05) is 0 Å². The van der Waals surface area contributed by atoms with Crippen LogP contribution < -0.4 is 5.32 Å². The van der Waals surface area contributed by atoms with Gasteiger partial charge in [0.2, 0.25) is 0 Å². The van der Waals surface area contributed by atoms with Crippen molar-refractivity contribution in [2.45, 2.75) is 13.5 Å². The van der Waals surface area contributed by atoms with Crippen molar-refractivity contribution in [3.8, 4) is 0 Å². The van der Waals surface area contributed by atoms with Crippen LogP contribution in [0.2, 0.25) is 0 Å². The molecular weight excluding hydrogens is 273 g/mol. The number of halogens is 2. The lowest BCUT2D eigenvalue weighted by Crippen LogP contribution is -1.99. The lowest BCUT2D eigenvalue weighted by atomic mass is 10.2. The van der Waals surface area contributed by atoms with E-state index in [2.05, 4.69) is 21.2 Å². The van der Waals surface area contributed by atoms with Gasteiger partial charge in [-0.05, 0) is 52.7 Å². The van der Waals surface area contributed by atoms with E-state index in [9.17, 15) is 4.39 Å². The highest BCUT2D eigenvalue weighted by atomic mass is 79.9. The molecule has 16 heavy (non-hydrogen) atoms. The summed E-state index contributed by atoms with van der Waals surface area (Å²) >= 11 is 3.11. The number of nitrogens with one attached hydrogen (secondary N) is 1. The normalized spacial score (nSPS) is 10.4. The van der Waals surface area contributed by atoms with Gasteiger partial charge in [0.05, 0.1) is 17.3 Å². The Hall–Kier alpha value is -1.29. The van der Waals surface area contributed by atoms with E-state index in [1.165, 1.54) is 6.07 Å². The number of hydrogen-bond donors (Lipinski definition) is 1. The Kier molecular flexibility index (Phi) is 3.29. The van der Waals surface area contributed by atoms with Gasteiger partial charge in [-0.3, -0.25) is 0 Å². The highest BCUT2D eigenvalue weighted by Crippen LogP contribution is 2.20. The highest BCUT2D eigenvalue weighted by Gasteiger charge is 2.03. The molecule has 2 aromatic rings. The van der Waals surface area contributed by atoms with Gasteiger partial charge in [0, 0.05) is 5.69 Å². The zero-order chi connectivity index (χ0) is 11.5. The molecule has 2 rings (SSSR count). The lowest BCUT2D eigenvalue weighted by molar-refractivity contribution is 0.515. The van der Waals surface area contributed by atoms with Crippen LogP contribution in [0.15, 0.2) is 39.4 Å². The maximum atomic E-state index is 13.2. The van der Waals surface area contributed by atoms with Crippen LogP contribution in [0, 0.1) is 12.7 Å². The Labute approximate surface area is 102 Å². The van der Waals surface area contributed by atoms with Gasteiger partial charge in [0.25, 0.3) is 0 Å². The topological polar surface area (TPSA) is 25.2 Å². The van der Waals surface area contributed by atoms with E-state index in [-0.39, 0.29) is 5.82 Å². The molecule has 1 heterocycles. The number of rotatable bonds is 3. The molecule has 1 aromatic carbocycles. The molecule has 0 aliphatic heterocycles. The number of aryl methyl sites for hydroxylation is 1. The van der Waals surface area contributed by atoms with Gasteiger partial charge in [-0.25, -0.2) is 4.39 Å². The quantitative estimate of drug-likeness (QED) is 0.917. The molecule has 0 fully saturated rings. The van der Waals surface area contributed by atoms with E-state index >= 15 is 0 Å². The van der Waals surface area contributed by atoms with E-state index in [1.54, 1.807) is 12.3 Å². The Morgan fingerprint density at radius 2 is 2.19 bits per heavy atom. The smallest absolute Gasteiger partial charge is 0.139 e. The standard InChI is InChI=1S/C12H11BrFNO/c1-8-4-5-16-12(8)7-15-9-2-3-10(13)11(14)6-9/h2-6,15H,7H2,1H3. The fraction of sp³-hybridized carbons (Fsp3) is 0.167. The van der Waals surface area contributed by atoms with Crippen molar-refractivity contribution in [1.29, 1.82) is 0 Å². The first-order chi connectivity index (χ1) is 7.66. The Bertz CT molecular complexity index is 496. The maximum absolute atomic E-state index is 13.2. The molecule has 0 aliphatic carbocycles. The minimum absolute atomic E-state index is 0.277. The first-order valence-electron chi connectivity index (χ1n) is 4.88. The van der Waals surface area contributed by atoms with Crippen molar-refractivity contribution in [2.75, 3.05) is 5.32 Å². The Morgan fingerprint density at radius 3 is 2.81 bits per heavy atom.